The average molecular weight is 675 g/mol. The maximum Gasteiger partial charge on any atom is 0.386 e. The Balaban J connectivity index is 1.27. The van der Waals surface area contributed by atoms with Crippen molar-refractivity contribution in [3.63, 3.8) is 0 Å². The van der Waals surface area contributed by atoms with E-state index in [0.717, 1.165) is 0 Å². The van der Waals surface area contributed by atoms with Gasteiger partial charge in [0.2, 0.25) is 0 Å². The summed E-state index contributed by atoms with van der Waals surface area (Å²) in [6.45, 7) is -9.35. The highest BCUT2D eigenvalue weighted by Gasteiger charge is 2.52. The number of hydrogen-bond donors (Lipinski definition) is 4. The number of nitrogens with zero attached hydrogens (tertiary/aromatic N) is 5. The Hall–Kier alpha value is -2.13. The number of aromatic nitrogens is 5. The van der Waals surface area contributed by atoms with Crippen LogP contribution in [0.3, 0.4) is 0 Å². The molecule has 20 heteroatoms. The number of pyridine rings is 1. The standard InChI is InChI=1S/C23H25FN6O9P2S2/c24-16-19-15(37-23(16)30-11-29-17-21(25)27-10-28-22(17)30)9-35-41(33,43)39-20-14(4-3-12-2-1-6-26-8-12)36-13(18(20)31)5-7-34-40(32,42)38-19/h1-2,6,8,10-11,13-16,18-20,23,31H,5,7,9H2,(H,32,42)(H,33,43)(H2,25,27,28)/t13-,14+,15-,16-,18-,19-,20+,23-,40?,41?/m1/s1. The van der Waals surface area contributed by atoms with Gasteiger partial charge in [-0.05, 0) is 12.1 Å². The van der Waals surface area contributed by atoms with Crippen molar-refractivity contribution >= 4 is 55.1 Å². The van der Waals surface area contributed by atoms with Crippen LogP contribution >= 0.6 is 38.1 Å². The molecule has 0 saturated carbocycles. The molecule has 0 radical (unpaired) electrons. The molecular weight excluding hydrogens is 649 g/mol. The Morgan fingerprint density at radius 3 is 2.67 bits per heavy atom. The predicted molar refractivity (Wildman–Crippen MR) is 154 cm³/mol. The molecule has 6 rings (SSSR count). The van der Waals surface area contributed by atoms with Gasteiger partial charge < -0.3 is 24.8 Å². The zero-order valence-electron chi connectivity index (χ0n) is 21.9. The van der Waals surface area contributed by atoms with Crippen molar-refractivity contribution in [3.8, 4) is 11.8 Å². The number of thiol groups is 2. The molecule has 10 atom stereocenters. The summed E-state index contributed by atoms with van der Waals surface area (Å²) in [5.74, 6) is 5.78. The fourth-order valence-electron chi connectivity index (χ4n) is 4.86. The summed E-state index contributed by atoms with van der Waals surface area (Å²) in [5, 5.41) is 11.0. The first kappa shape index (κ1) is 30.9. The number of halogens is 1. The lowest BCUT2D eigenvalue weighted by Gasteiger charge is -2.26. The Kier molecular flexibility index (Phi) is 8.86. The van der Waals surface area contributed by atoms with Gasteiger partial charge in [0.05, 0.1) is 25.6 Å². The van der Waals surface area contributed by atoms with E-state index < -0.39 is 69.2 Å². The highest BCUT2D eigenvalue weighted by molar-refractivity contribution is 8.44. The quantitative estimate of drug-likeness (QED) is 0.167. The smallest absolute Gasteiger partial charge is 0.386 e. The van der Waals surface area contributed by atoms with E-state index in [9.17, 15) is 14.2 Å². The zero-order chi connectivity index (χ0) is 30.4. The zero-order valence-corrected chi connectivity index (χ0v) is 25.5. The number of ether oxygens (including phenoxy) is 2. The number of hydrogen-bond acceptors (Lipinski definition) is 14. The second-order valence-electron chi connectivity index (χ2n) is 9.68. The van der Waals surface area contributed by atoms with E-state index in [1.54, 1.807) is 18.3 Å². The van der Waals surface area contributed by atoms with Gasteiger partial charge in [0.15, 0.2) is 23.9 Å². The molecule has 15 nitrogen and oxygen atoms in total. The van der Waals surface area contributed by atoms with Gasteiger partial charge in [0.1, 0.15) is 42.4 Å². The lowest BCUT2D eigenvalue weighted by Crippen LogP contribution is -2.36. The highest BCUT2D eigenvalue weighted by atomic mass is 32.7. The monoisotopic (exact) mass is 674 g/mol. The number of nitrogen functional groups attached to an aromatic ring is 1. The van der Waals surface area contributed by atoms with E-state index in [1.165, 1.54) is 23.4 Å². The van der Waals surface area contributed by atoms with Crippen LogP contribution in [0.5, 0.6) is 0 Å². The van der Waals surface area contributed by atoms with Crippen LogP contribution < -0.4 is 5.73 Å². The minimum atomic E-state index is -4.27. The molecule has 3 aliphatic heterocycles. The topological polar surface area (TPSA) is 192 Å². The number of imidazole rings is 1. The second kappa shape index (κ2) is 12.3. The third kappa shape index (κ3) is 6.63. The van der Waals surface area contributed by atoms with E-state index in [-0.39, 0.29) is 30.0 Å². The van der Waals surface area contributed by atoms with Crippen molar-refractivity contribution in [2.75, 3.05) is 18.9 Å². The Labute approximate surface area is 254 Å². The van der Waals surface area contributed by atoms with Gasteiger partial charge in [-0.15, -0.1) is 0 Å². The Morgan fingerprint density at radius 1 is 1.09 bits per heavy atom. The van der Waals surface area contributed by atoms with Crippen LogP contribution in [0.2, 0.25) is 0 Å². The number of fused-ring (bicyclic) bond motifs is 4. The van der Waals surface area contributed by atoms with Crippen molar-refractivity contribution in [1.29, 1.82) is 0 Å². The molecule has 230 valence electrons. The van der Waals surface area contributed by atoms with Gasteiger partial charge in [0, 0.05) is 24.4 Å². The summed E-state index contributed by atoms with van der Waals surface area (Å²) in [5.41, 5.74) is 6.79. The maximum absolute atomic E-state index is 16.0. The van der Waals surface area contributed by atoms with Crippen molar-refractivity contribution in [1.82, 2.24) is 24.5 Å². The van der Waals surface area contributed by atoms with Crippen molar-refractivity contribution in [2.24, 2.45) is 0 Å². The largest absolute Gasteiger partial charge is 0.388 e. The Bertz CT molecular complexity index is 1650. The first-order chi connectivity index (χ1) is 20.5. The maximum atomic E-state index is 16.0. The van der Waals surface area contributed by atoms with Crippen LogP contribution in [0.15, 0.2) is 37.2 Å². The second-order valence-corrected chi connectivity index (χ2v) is 15.4. The molecule has 3 aliphatic rings. The highest BCUT2D eigenvalue weighted by Crippen LogP contribution is 2.59. The average Bonchev–Trinajstić information content (AvgIpc) is 3.61. The van der Waals surface area contributed by atoms with Crippen LogP contribution in [0.1, 0.15) is 18.2 Å². The number of rotatable bonds is 1. The van der Waals surface area contributed by atoms with Crippen LogP contribution in [0.4, 0.5) is 10.2 Å². The van der Waals surface area contributed by atoms with Crippen LogP contribution in [-0.2, 0) is 36.7 Å². The number of nitrogens with two attached hydrogens (primary N) is 1. The van der Waals surface area contributed by atoms with Crippen LogP contribution in [0, 0.1) is 11.8 Å². The summed E-state index contributed by atoms with van der Waals surface area (Å²) < 4.78 is 77.5. The third-order valence-corrected chi connectivity index (χ3v) is 10.1. The molecule has 3 aromatic rings. The van der Waals surface area contributed by atoms with Crippen LogP contribution in [-0.4, -0.2) is 85.6 Å². The van der Waals surface area contributed by atoms with Crippen molar-refractivity contribution < 1.29 is 46.2 Å². The fraction of sp³-hybridized carbons (Fsp3) is 0.478. The number of alkyl halides is 1. The molecule has 0 aromatic carbocycles. The SMILES string of the molecule is Nc1ncnc2c1ncn2[C@@H]1O[C@@H]2COP(=O)(S)O[C@@H]3[C@H](O)[C@@H](CCOP(=O)(S)O[C@H]2[C@H]1F)O[C@H]3C#Cc1cccnc1. The third-order valence-electron chi connectivity index (χ3n) is 6.85. The van der Waals surface area contributed by atoms with Gasteiger partial charge in [-0.2, -0.15) is 0 Å². The molecule has 3 N–H and O–H groups in total. The van der Waals surface area contributed by atoms with Gasteiger partial charge in [-0.3, -0.25) is 23.1 Å². The van der Waals surface area contributed by atoms with E-state index >= 15 is 4.39 Å². The van der Waals surface area contributed by atoms with Gasteiger partial charge in [0.25, 0.3) is 0 Å². The molecule has 0 spiro atoms. The summed E-state index contributed by atoms with van der Waals surface area (Å²) in [6, 6.07) is 3.41. The molecule has 3 aromatic heterocycles. The van der Waals surface area contributed by atoms with Crippen molar-refractivity contribution in [3.05, 3.63) is 42.7 Å². The summed E-state index contributed by atoms with van der Waals surface area (Å²) >= 11 is 8.07. The molecule has 3 fully saturated rings. The van der Waals surface area contributed by atoms with E-state index in [4.69, 9.17) is 33.3 Å². The minimum Gasteiger partial charge on any atom is -0.388 e. The molecule has 0 aliphatic carbocycles. The summed E-state index contributed by atoms with van der Waals surface area (Å²) in [4.78, 5) is 16.1. The predicted octanol–water partition coefficient (Wildman–Crippen LogP) is 2.50. The van der Waals surface area contributed by atoms with Gasteiger partial charge in [-0.1, -0.05) is 36.3 Å². The summed E-state index contributed by atoms with van der Waals surface area (Å²) in [7, 11) is 0. The Morgan fingerprint density at radius 2 is 1.88 bits per heavy atom. The molecule has 2 unspecified atom stereocenters. The molecule has 43 heavy (non-hydrogen) atoms. The first-order valence-electron chi connectivity index (χ1n) is 12.8. The summed E-state index contributed by atoms with van der Waals surface area (Å²) in [6.07, 6.45) is -5.34. The van der Waals surface area contributed by atoms with Gasteiger partial charge in [-0.25, -0.2) is 28.5 Å². The first-order valence-corrected chi connectivity index (χ1v) is 18.2. The van der Waals surface area contributed by atoms with Crippen LogP contribution in [0.25, 0.3) is 11.2 Å². The van der Waals surface area contributed by atoms with Gasteiger partial charge >= 0.3 is 13.6 Å². The molecule has 6 heterocycles. The normalized spacial score (nSPS) is 38.6. The van der Waals surface area contributed by atoms with E-state index in [2.05, 4.69) is 56.3 Å². The molecular formula is C23H25FN6O9P2S2. The molecule has 2 bridgehead atoms. The lowest BCUT2D eigenvalue weighted by molar-refractivity contribution is -0.0437. The molecule has 0 amide bonds. The van der Waals surface area contributed by atoms with E-state index in [1.807, 2.05) is 0 Å². The fourth-order valence-corrected chi connectivity index (χ4v) is 7.85. The number of aliphatic hydroxyl groups excluding tert-OH is 1. The lowest BCUT2D eigenvalue weighted by atomic mass is 10.1. The van der Waals surface area contributed by atoms with E-state index in [0.29, 0.717) is 5.56 Å². The van der Waals surface area contributed by atoms with Crippen molar-refractivity contribution in [2.45, 2.75) is 55.4 Å². The minimum absolute atomic E-state index is 0.0217. The number of aliphatic hydroxyl groups is 1. The molecule has 3 saturated heterocycles. The number of anilines is 1.